The summed E-state index contributed by atoms with van der Waals surface area (Å²) in [5.41, 5.74) is 0.824. The van der Waals surface area contributed by atoms with Crippen LogP contribution in [0, 0.1) is 0 Å². The lowest BCUT2D eigenvalue weighted by Crippen LogP contribution is -1.95. The largest absolute Gasteiger partial charge is 0.478 e. The quantitative estimate of drug-likeness (QED) is 0.857. The van der Waals surface area contributed by atoms with Gasteiger partial charge in [-0.25, -0.2) is 4.79 Å². The van der Waals surface area contributed by atoms with Crippen molar-refractivity contribution in [3.63, 3.8) is 0 Å². The van der Waals surface area contributed by atoms with Crippen molar-refractivity contribution in [3.05, 3.63) is 28.8 Å². The molecule has 0 spiro atoms. The minimum Gasteiger partial charge on any atom is -0.478 e. The maximum absolute atomic E-state index is 10.9. The van der Waals surface area contributed by atoms with Crippen molar-refractivity contribution in [3.8, 4) is 10.6 Å². The van der Waals surface area contributed by atoms with E-state index in [0.29, 0.717) is 5.69 Å². The summed E-state index contributed by atoms with van der Waals surface area (Å²) in [6.45, 7) is 2.12. The Kier molecular flexibility index (Phi) is 3.05. The van der Waals surface area contributed by atoms with Gasteiger partial charge in [-0.2, -0.15) is 5.10 Å². The van der Waals surface area contributed by atoms with Gasteiger partial charge in [0.05, 0.1) is 16.8 Å². The summed E-state index contributed by atoms with van der Waals surface area (Å²) in [6.07, 6.45) is 3.47. The number of carboxylic acids is 1. The standard InChI is InChI=1S/C11H12N2O2S/c1-2-3-7-4-5-9(16-7)10-8(11(14)15)6-12-13-10/h4-6H,2-3H2,1H3,(H,12,13)(H,14,15). The molecule has 5 heteroatoms. The summed E-state index contributed by atoms with van der Waals surface area (Å²) < 4.78 is 0. The van der Waals surface area contributed by atoms with Crippen molar-refractivity contribution in [2.24, 2.45) is 0 Å². The lowest BCUT2D eigenvalue weighted by atomic mass is 10.2. The average molecular weight is 236 g/mol. The molecule has 0 atom stereocenters. The lowest BCUT2D eigenvalue weighted by molar-refractivity contribution is 0.0698. The van der Waals surface area contributed by atoms with Crippen molar-refractivity contribution in [1.82, 2.24) is 10.2 Å². The molecular formula is C11H12N2O2S. The second-order valence-corrected chi connectivity index (χ2v) is 4.65. The number of aromatic nitrogens is 2. The molecule has 0 saturated carbocycles. The van der Waals surface area contributed by atoms with Crippen LogP contribution in [0.3, 0.4) is 0 Å². The number of carbonyl (C=O) groups is 1. The molecule has 0 aliphatic rings. The Bertz CT molecular complexity index is 502. The molecule has 0 bridgehead atoms. The molecule has 2 rings (SSSR count). The monoisotopic (exact) mass is 236 g/mol. The lowest BCUT2D eigenvalue weighted by Gasteiger charge is -1.94. The van der Waals surface area contributed by atoms with Crippen molar-refractivity contribution in [2.45, 2.75) is 19.8 Å². The molecule has 2 heterocycles. The van der Waals surface area contributed by atoms with E-state index in [-0.39, 0.29) is 5.56 Å². The zero-order valence-electron chi connectivity index (χ0n) is 8.86. The second-order valence-electron chi connectivity index (χ2n) is 3.48. The predicted molar refractivity (Wildman–Crippen MR) is 62.9 cm³/mol. The summed E-state index contributed by atoms with van der Waals surface area (Å²) in [7, 11) is 0. The molecule has 0 unspecified atom stereocenters. The van der Waals surface area contributed by atoms with Gasteiger partial charge in [-0.05, 0) is 18.6 Å². The van der Waals surface area contributed by atoms with Crippen molar-refractivity contribution >= 4 is 17.3 Å². The van der Waals surface area contributed by atoms with Crippen LogP contribution in [0.2, 0.25) is 0 Å². The Balaban J connectivity index is 2.35. The molecule has 16 heavy (non-hydrogen) atoms. The molecule has 0 fully saturated rings. The van der Waals surface area contributed by atoms with E-state index in [0.717, 1.165) is 17.7 Å². The summed E-state index contributed by atoms with van der Waals surface area (Å²) in [6, 6.07) is 3.98. The number of thiophene rings is 1. The van der Waals surface area contributed by atoms with Crippen LogP contribution in [0.1, 0.15) is 28.6 Å². The highest BCUT2D eigenvalue weighted by atomic mass is 32.1. The minimum atomic E-state index is -0.950. The molecule has 0 aliphatic heterocycles. The van der Waals surface area contributed by atoms with E-state index in [1.165, 1.54) is 11.1 Å². The maximum atomic E-state index is 10.9. The molecule has 0 aromatic carbocycles. The first-order chi connectivity index (χ1) is 7.72. The number of aromatic amines is 1. The predicted octanol–water partition coefficient (Wildman–Crippen LogP) is 2.79. The number of rotatable bonds is 4. The van der Waals surface area contributed by atoms with Crippen LogP contribution >= 0.6 is 11.3 Å². The fourth-order valence-corrected chi connectivity index (χ4v) is 2.65. The second kappa shape index (κ2) is 4.49. The van der Waals surface area contributed by atoms with Crippen LogP contribution in [0.5, 0.6) is 0 Å². The Labute approximate surface area is 96.9 Å². The molecule has 0 aliphatic carbocycles. The van der Waals surface area contributed by atoms with Crippen LogP contribution in [0.4, 0.5) is 0 Å². The number of hydrogen-bond acceptors (Lipinski definition) is 3. The van der Waals surface area contributed by atoms with Crippen molar-refractivity contribution in [2.75, 3.05) is 0 Å². The molecule has 2 aromatic rings. The molecule has 2 aromatic heterocycles. The molecule has 2 N–H and O–H groups in total. The number of nitrogens with one attached hydrogen (secondary N) is 1. The zero-order valence-corrected chi connectivity index (χ0v) is 9.67. The van der Waals surface area contributed by atoms with E-state index in [4.69, 9.17) is 5.11 Å². The maximum Gasteiger partial charge on any atom is 0.339 e. The normalized spacial score (nSPS) is 10.6. The van der Waals surface area contributed by atoms with Gasteiger partial charge in [0.15, 0.2) is 0 Å². The van der Waals surface area contributed by atoms with Gasteiger partial charge in [0.25, 0.3) is 0 Å². The van der Waals surface area contributed by atoms with Gasteiger partial charge < -0.3 is 5.11 Å². The zero-order chi connectivity index (χ0) is 11.5. The number of carboxylic acid groups (broad SMARTS) is 1. The Morgan fingerprint density at radius 1 is 1.56 bits per heavy atom. The topological polar surface area (TPSA) is 66.0 Å². The van der Waals surface area contributed by atoms with Gasteiger partial charge in [0.2, 0.25) is 0 Å². The fourth-order valence-electron chi connectivity index (χ4n) is 1.53. The van der Waals surface area contributed by atoms with Gasteiger partial charge in [-0.3, -0.25) is 5.10 Å². The summed E-state index contributed by atoms with van der Waals surface area (Å²) in [4.78, 5) is 13.1. The first-order valence-corrected chi connectivity index (χ1v) is 5.89. The number of H-pyrrole nitrogens is 1. The first-order valence-electron chi connectivity index (χ1n) is 5.08. The molecule has 4 nitrogen and oxygen atoms in total. The average Bonchev–Trinajstić information content (AvgIpc) is 2.83. The van der Waals surface area contributed by atoms with E-state index < -0.39 is 5.97 Å². The highest BCUT2D eigenvalue weighted by Gasteiger charge is 2.15. The van der Waals surface area contributed by atoms with Crippen LogP contribution in [-0.2, 0) is 6.42 Å². The fraction of sp³-hybridized carbons (Fsp3) is 0.273. The van der Waals surface area contributed by atoms with E-state index in [9.17, 15) is 4.79 Å². The van der Waals surface area contributed by atoms with Gasteiger partial charge in [-0.15, -0.1) is 11.3 Å². The number of hydrogen-bond donors (Lipinski definition) is 2. The highest BCUT2D eigenvalue weighted by Crippen LogP contribution is 2.29. The van der Waals surface area contributed by atoms with Gasteiger partial charge >= 0.3 is 5.97 Å². The molecule has 0 amide bonds. The smallest absolute Gasteiger partial charge is 0.339 e. The minimum absolute atomic E-state index is 0.227. The van der Waals surface area contributed by atoms with E-state index in [2.05, 4.69) is 17.1 Å². The van der Waals surface area contributed by atoms with Crippen molar-refractivity contribution < 1.29 is 9.90 Å². The molecule has 0 radical (unpaired) electrons. The van der Waals surface area contributed by atoms with Gasteiger partial charge in [0, 0.05) is 4.88 Å². The summed E-state index contributed by atoms with van der Waals surface area (Å²) >= 11 is 1.61. The highest BCUT2D eigenvalue weighted by molar-refractivity contribution is 7.15. The van der Waals surface area contributed by atoms with Crippen LogP contribution in [0.25, 0.3) is 10.6 Å². The SMILES string of the molecule is CCCc1ccc(-c2[nH]ncc2C(=O)O)s1. The Morgan fingerprint density at radius 3 is 3.06 bits per heavy atom. The van der Waals surface area contributed by atoms with Crippen molar-refractivity contribution in [1.29, 1.82) is 0 Å². The number of aryl methyl sites for hydroxylation is 1. The Hall–Kier alpha value is -1.62. The number of nitrogens with zero attached hydrogens (tertiary/aromatic N) is 1. The third-order valence-corrected chi connectivity index (χ3v) is 3.44. The molecule has 0 saturated heterocycles. The van der Waals surface area contributed by atoms with Crippen LogP contribution in [-0.4, -0.2) is 21.3 Å². The number of aromatic carboxylic acids is 1. The third kappa shape index (κ3) is 1.99. The van der Waals surface area contributed by atoms with E-state index in [1.807, 2.05) is 12.1 Å². The van der Waals surface area contributed by atoms with Gasteiger partial charge in [-0.1, -0.05) is 13.3 Å². The van der Waals surface area contributed by atoms with E-state index in [1.54, 1.807) is 11.3 Å². The Morgan fingerprint density at radius 2 is 2.38 bits per heavy atom. The molecular weight excluding hydrogens is 224 g/mol. The first kappa shape index (κ1) is 10.9. The third-order valence-electron chi connectivity index (χ3n) is 2.27. The summed E-state index contributed by atoms with van der Waals surface area (Å²) in [5, 5.41) is 15.5. The summed E-state index contributed by atoms with van der Waals surface area (Å²) in [5.74, 6) is -0.950. The van der Waals surface area contributed by atoms with E-state index >= 15 is 0 Å². The van der Waals surface area contributed by atoms with Crippen LogP contribution in [0.15, 0.2) is 18.3 Å². The van der Waals surface area contributed by atoms with Crippen LogP contribution < -0.4 is 0 Å². The molecule has 84 valence electrons. The van der Waals surface area contributed by atoms with Gasteiger partial charge in [0.1, 0.15) is 5.56 Å².